The standard InChI is InChI=1S/C29H38ClFN4O5S/c1-5-6-7-8-9-14-26(36)34-41(39,40)35-17-29(18-35,22-13-11-10-12-20(22)19(2)3)28(38)33-25-16-24(31)23(30)15-21(25)27(37)32-4/h10-13,15-16,19H,5-9,14,17-18H2,1-4H3,(H,32,37)(H,33,38)(H,34,36). The lowest BCUT2D eigenvalue weighted by Crippen LogP contribution is -2.68. The third kappa shape index (κ3) is 7.44. The van der Waals surface area contributed by atoms with Crippen molar-refractivity contribution >= 4 is 45.2 Å². The Balaban J connectivity index is 1.90. The number of unbranched alkanes of at least 4 members (excludes halogenated alkanes) is 4. The summed E-state index contributed by atoms with van der Waals surface area (Å²) in [6.07, 6.45) is 4.61. The predicted molar refractivity (Wildman–Crippen MR) is 158 cm³/mol. The highest BCUT2D eigenvalue weighted by molar-refractivity contribution is 7.87. The maximum atomic E-state index is 14.4. The van der Waals surface area contributed by atoms with Gasteiger partial charge in [-0.25, -0.2) is 9.11 Å². The first-order valence-electron chi connectivity index (χ1n) is 13.8. The first-order valence-corrected chi connectivity index (χ1v) is 15.6. The number of benzene rings is 2. The second-order valence-electron chi connectivity index (χ2n) is 10.6. The molecule has 0 atom stereocenters. The fraction of sp³-hybridized carbons (Fsp3) is 0.483. The zero-order valence-electron chi connectivity index (χ0n) is 23.9. The van der Waals surface area contributed by atoms with Gasteiger partial charge in [-0.15, -0.1) is 0 Å². The monoisotopic (exact) mass is 608 g/mol. The molecule has 2 aromatic carbocycles. The van der Waals surface area contributed by atoms with Crippen LogP contribution in [0.3, 0.4) is 0 Å². The molecule has 12 heteroatoms. The molecule has 1 aliphatic heterocycles. The van der Waals surface area contributed by atoms with Crippen LogP contribution in [0.15, 0.2) is 36.4 Å². The minimum absolute atomic E-state index is 0.00310. The lowest BCUT2D eigenvalue weighted by molar-refractivity contribution is -0.125. The summed E-state index contributed by atoms with van der Waals surface area (Å²) in [6.45, 7) is 5.48. The van der Waals surface area contributed by atoms with Crippen molar-refractivity contribution in [3.63, 3.8) is 0 Å². The van der Waals surface area contributed by atoms with Gasteiger partial charge in [0.25, 0.3) is 5.91 Å². The molecule has 0 spiro atoms. The van der Waals surface area contributed by atoms with Crippen molar-refractivity contribution in [3.8, 4) is 0 Å². The van der Waals surface area contributed by atoms with Gasteiger partial charge in [-0.3, -0.25) is 14.4 Å². The fourth-order valence-corrected chi connectivity index (χ4v) is 6.42. The molecule has 3 N–H and O–H groups in total. The van der Waals surface area contributed by atoms with Gasteiger partial charge in [-0.2, -0.15) is 12.7 Å². The molecular formula is C29H38ClFN4O5S. The summed E-state index contributed by atoms with van der Waals surface area (Å²) < 4.78 is 43.7. The van der Waals surface area contributed by atoms with Crippen molar-refractivity contribution in [1.29, 1.82) is 0 Å². The Morgan fingerprint density at radius 2 is 1.73 bits per heavy atom. The van der Waals surface area contributed by atoms with Gasteiger partial charge in [-0.05, 0) is 35.6 Å². The number of anilines is 1. The maximum absolute atomic E-state index is 14.4. The van der Waals surface area contributed by atoms with E-state index < -0.39 is 39.2 Å². The maximum Gasteiger partial charge on any atom is 0.303 e. The van der Waals surface area contributed by atoms with Crippen molar-refractivity contribution in [1.82, 2.24) is 14.3 Å². The number of rotatable bonds is 13. The minimum Gasteiger partial charge on any atom is -0.355 e. The average molecular weight is 609 g/mol. The van der Waals surface area contributed by atoms with E-state index in [0.717, 1.165) is 47.7 Å². The lowest BCUT2D eigenvalue weighted by Gasteiger charge is -2.48. The molecule has 0 unspecified atom stereocenters. The zero-order chi connectivity index (χ0) is 30.4. The molecule has 2 aromatic rings. The van der Waals surface area contributed by atoms with Gasteiger partial charge in [0.15, 0.2) is 0 Å². The van der Waals surface area contributed by atoms with Crippen LogP contribution in [0, 0.1) is 5.82 Å². The number of amides is 3. The average Bonchev–Trinajstić information content (AvgIpc) is 2.89. The Kier molecular flexibility index (Phi) is 10.9. The van der Waals surface area contributed by atoms with E-state index in [2.05, 4.69) is 22.3 Å². The number of carbonyl (C=O) groups excluding carboxylic acids is 3. The van der Waals surface area contributed by atoms with Gasteiger partial charge in [0.05, 0.1) is 16.3 Å². The number of hydrogen-bond donors (Lipinski definition) is 3. The van der Waals surface area contributed by atoms with Crippen LogP contribution in [0.25, 0.3) is 0 Å². The molecule has 0 radical (unpaired) electrons. The summed E-state index contributed by atoms with van der Waals surface area (Å²) in [6, 6.07) is 9.29. The quantitative estimate of drug-likeness (QED) is 0.280. The molecule has 3 rings (SSSR count). The Morgan fingerprint density at radius 1 is 1.07 bits per heavy atom. The summed E-state index contributed by atoms with van der Waals surface area (Å²) in [5, 5.41) is 4.80. The molecule has 1 aliphatic rings. The summed E-state index contributed by atoms with van der Waals surface area (Å²) in [7, 11) is -2.83. The topological polar surface area (TPSA) is 125 Å². The van der Waals surface area contributed by atoms with Crippen LogP contribution >= 0.6 is 11.6 Å². The molecule has 1 heterocycles. The Hall–Kier alpha value is -3.02. The van der Waals surface area contributed by atoms with E-state index in [-0.39, 0.29) is 41.7 Å². The van der Waals surface area contributed by atoms with Crippen LogP contribution in [-0.2, 0) is 25.2 Å². The van der Waals surface area contributed by atoms with Gasteiger partial charge in [0.1, 0.15) is 11.2 Å². The van der Waals surface area contributed by atoms with E-state index >= 15 is 0 Å². The summed E-state index contributed by atoms with van der Waals surface area (Å²) in [5.41, 5.74) is -0.0684. The minimum atomic E-state index is -4.21. The van der Waals surface area contributed by atoms with Crippen LogP contribution in [0.1, 0.15) is 86.7 Å². The molecule has 3 amide bonds. The molecule has 0 saturated carbocycles. The second kappa shape index (κ2) is 13.8. The van der Waals surface area contributed by atoms with Crippen LogP contribution in [0.2, 0.25) is 5.02 Å². The lowest BCUT2D eigenvalue weighted by atomic mass is 9.71. The first-order chi connectivity index (χ1) is 19.4. The number of nitrogens with zero attached hydrogens (tertiary/aromatic N) is 1. The molecule has 9 nitrogen and oxygen atoms in total. The normalized spacial score (nSPS) is 14.8. The molecule has 224 valence electrons. The summed E-state index contributed by atoms with van der Waals surface area (Å²) >= 11 is 5.89. The highest BCUT2D eigenvalue weighted by Crippen LogP contribution is 2.41. The molecule has 0 aliphatic carbocycles. The van der Waals surface area contributed by atoms with Gasteiger partial charge >= 0.3 is 10.2 Å². The van der Waals surface area contributed by atoms with Crippen LogP contribution in [0.4, 0.5) is 10.1 Å². The van der Waals surface area contributed by atoms with Crippen molar-refractivity contribution in [3.05, 3.63) is 63.9 Å². The molecule has 41 heavy (non-hydrogen) atoms. The third-order valence-corrected chi connectivity index (χ3v) is 9.01. The van der Waals surface area contributed by atoms with E-state index in [4.69, 9.17) is 11.6 Å². The number of nitrogens with one attached hydrogen (secondary N) is 3. The Bertz CT molecular complexity index is 1390. The summed E-state index contributed by atoms with van der Waals surface area (Å²) in [4.78, 5) is 38.8. The van der Waals surface area contributed by atoms with Crippen molar-refractivity contribution in [2.75, 3.05) is 25.5 Å². The predicted octanol–water partition coefficient (Wildman–Crippen LogP) is 4.88. The highest BCUT2D eigenvalue weighted by Gasteiger charge is 2.55. The Morgan fingerprint density at radius 3 is 2.37 bits per heavy atom. The SMILES string of the molecule is CCCCCCCC(=O)NS(=O)(=O)N1CC(C(=O)Nc2cc(F)c(Cl)cc2C(=O)NC)(c2ccccc2C(C)C)C1. The van der Waals surface area contributed by atoms with Crippen molar-refractivity contribution < 1.29 is 27.2 Å². The number of hydrogen-bond acceptors (Lipinski definition) is 5. The van der Waals surface area contributed by atoms with E-state index in [9.17, 15) is 27.2 Å². The van der Waals surface area contributed by atoms with E-state index in [1.807, 2.05) is 26.0 Å². The number of halogens is 2. The summed E-state index contributed by atoms with van der Waals surface area (Å²) in [5.74, 6) is -2.64. The number of carbonyl (C=O) groups is 3. The van der Waals surface area contributed by atoms with Gasteiger partial charge in [-0.1, -0.05) is 82.3 Å². The van der Waals surface area contributed by atoms with E-state index in [1.165, 1.54) is 7.05 Å². The second-order valence-corrected chi connectivity index (χ2v) is 12.7. The molecule has 0 bridgehead atoms. The molecule has 0 aromatic heterocycles. The largest absolute Gasteiger partial charge is 0.355 e. The van der Waals surface area contributed by atoms with Crippen LogP contribution in [-0.4, -0.2) is 50.6 Å². The van der Waals surface area contributed by atoms with E-state index in [0.29, 0.717) is 12.0 Å². The fourth-order valence-electron chi connectivity index (χ4n) is 4.96. The highest BCUT2D eigenvalue weighted by atomic mass is 35.5. The molecule has 1 saturated heterocycles. The van der Waals surface area contributed by atoms with Crippen molar-refractivity contribution in [2.24, 2.45) is 0 Å². The zero-order valence-corrected chi connectivity index (χ0v) is 25.4. The van der Waals surface area contributed by atoms with Gasteiger partial charge < -0.3 is 10.6 Å². The third-order valence-electron chi connectivity index (χ3n) is 7.30. The molecule has 1 fully saturated rings. The Labute approximate surface area is 246 Å². The first kappa shape index (κ1) is 32.5. The van der Waals surface area contributed by atoms with E-state index in [1.54, 1.807) is 12.1 Å². The van der Waals surface area contributed by atoms with Gasteiger partial charge in [0.2, 0.25) is 11.8 Å². The van der Waals surface area contributed by atoms with Crippen LogP contribution in [0.5, 0.6) is 0 Å². The molecular weight excluding hydrogens is 571 g/mol. The van der Waals surface area contributed by atoms with Gasteiger partial charge in [0, 0.05) is 26.6 Å². The smallest absolute Gasteiger partial charge is 0.303 e. The van der Waals surface area contributed by atoms with Crippen molar-refractivity contribution in [2.45, 2.75) is 70.6 Å². The van der Waals surface area contributed by atoms with Crippen LogP contribution < -0.4 is 15.4 Å².